The largest absolute Gasteiger partial charge is 0.383 e. The highest BCUT2D eigenvalue weighted by molar-refractivity contribution is 7.99. The van der Waals surface area contributed by atoms with Gasteiger partial charge in [-0.2, -0.15) is 0 Å². The Morgan fingerprint density at radius 1 is 1.29 bits per heavy atom. The van der Waals surface area contributed by atoms with Crippen molar-refractivity contribution < 1.29 is 0 Å². The van der Waals surface area contributed by atoms with E-state index in [9.17, 15) is 0 Å². The highest BCUT2D eigenvalue weighted by Crippen LogP contribution is 2.20. The van der Waals surface area contributed by atoms with Gasteiger partial charge in [-0.3, -0.25) is 0 Å². The Morgan fingerprint density at radius 2 is 2.12 bits per heavy atom. The molecule has 1 unspecified atom stereocenters. The molecule has 0 aromatic heterocycles. The molecule has 2 N–H and O–H groups in total. The molecule has 1 aromatic carbocycles. The Hall–Kier alpha value is -0.670. The van der Waals surface area contributed by atoms with Crippen LogP contribution in [0, 0.1) is 0 Å². The molecule has 94 valence electrons. The van der Waals surface area contributed by atoms with E-state index >= 15 is 0 Å². The molecule has 0 spiro atoms. The molecule has 1 fully saturated rings. The van der Waals surface area contributed by atoms with Crippen molar-refractivity contribution in [1.29, 1.82) is 0 Å². The second-order valence-electron chi connectivity index (χ2n) is 4.49. The lowest BCUT2D eigenvalue weighted by atomic mass is 10.1. The third-order valence-electron chi connectivity index (χ3n) is 3.13. The van der Waals surface area contributed by atoms with E-state index in [1.165, 1.54) is 36.4 Å². The average Bonchev–Trinajstić information content (AvgIpc) is 2.40. The molecule has 2 nitrogen and oxygen atoms in total. The Balaban J connectivity index is 1.77. The highest BCUT2D eigenvalue weighted by Gasteiger charge is 2.11. The van der Waals surface area contributed by atoms with Gasteiger partial charge in [0.05, 0.1) is 0 Å². The number of rotatable bonds is 5. The van der Waals surface area contributed by atoms with Crippen LogP contribution in [0.15, 0.2) is 29.2 Å². The molecule has 1 heterocycles. The zero-order chi connectivity index (χ0) is 11.9. The first-order valence-corrected chi connectivity index (χ1v) is 7.57. The normalized spacial score (nSPS) is 20.2. The van der Waals surface area contributed by atoms with Gasteiger partial charge in [0.25, 0.3) is 0 Å². The first-order valence-electron chi connectivity index (χ1n) is 6.58. The lowest BCUT2D eigenvalue weighted by Crippen LogP contribution is -2.39. The zero-order valence-corrected chi connectivity index (χ0v) is 11.4. The summed E-state index contributed by atoms with van der Waals surface area (Å²) in [5.74, 6) is 1.14. The molecule has 1 saturated heterocycles. The summed E-state index contributed by atoms with van der Waals surface area (Å²) in [6.45, 7) is 4.41. The maximum Gasteiger partial charge on any atom is 0.0341 e. The van der Waals surface area contributed by atoms with Crippen molar-refractivity contribution in [3.05, 3.63) is 24.3 Å². The molecule has 0 radical (unpaired) electrons. The van der Waals surface area contributed by atoms with Crippen molar-refractivity contribution in [2.24, 2.45) is 0 Å². The SMILES string of the molecule is CCSc1ccc(NCC2CCCCN2)cc1. The molecule has 1 aromatic rings. The van der Waals surface area contributed by atoms with E-state index in [4.69, 9.17) is 0 Å². The molecule has 0 bridgehead atoms. The molecule has 17 heavy (non-hydrogen) atoms. The lowest BCUT2D eigenvalue weighted by molar-refractivity contribution is 0.414. The molecular formula is C14H22N2S. The van der Waals surface area contributed by atoms with Crippen LogP contribution in [0.4, 0.5) is 5.69 Å². The summed E-state index contributed by atoms with van der Waals surface area (Å²) in [4.78, 5) is 1.36. The predicted octanol–water partition coefficient (Wildman–Crippen LogP) is 3.35. The standard InChI is InChI=1S/C14H22N2S/c1-2-17-14-8-6-12(7-9-14)16-11-13-5-3-4-10-15-13/h6-9,13,15-16H,2-5,10-11H2,1H3. The van der Waals surface area contributed by atoms with Crippen molar-refractivity contribution in [2.75, 3.05) is 24.2 Å². The van der Waals surface area contributed by atoms with Crippen LogP contribution in [-0.2, 0) is 0 Å². The number of hydrogen-bond acceptors (Lipinski definition) is 3. The van der Waals surface area contributed by atoms with E-state index < -0.39 is 0 Å². The monoisotopic (exact) mass is 250 g/mol. The number of benzene rings is 1. The fourth-order valence-electron chi connectivity index (χ4n) is 2.17. The highest BCUT2D eigenvalue weighted by atomic mass is 32.2. The van der Waals surface area contributed by atoms with Gasteiger partial charge in [0.15, 0.2) is 0 Å². The van der Waals surface area contributed by atoms with Crippen LogP contribution in [0.3, 0.4) is 0 Å². The summed E-state index contributed by atoms with van der Waals surface area (Å²) in [5.41, 5.74) is 1.23. The van der Waals surface area contributed by atoms with Gasteiger partial charge in [0.2, 0.25) is 0 Å². The number of thioether (sulfide) groups is 1. The number of hydrogen-bond donors (Lipinski definition) is 2. The van der Waals surface area contributed by atoms with Crippen LogP contribution < -0.4 is 10.6 Å². The summed E-state index contributed by atoms with van der Waals surface area (Å²) in [5, 5.41) is 7.07. The van der Waals surface area contributed by atoms with Crippen LogP contribution in [-0.4, -0.2) is 24.9 Å². The molecule has 3 heteroatoms. The van der Waals surface area contributed by atoms with Gasteiger partial charge >= 0.3 is 0 Å². The summed E-state index contributed by atoms with van der Waals surface area (Å²) in [7, 11) is 0. The molecule has 0 amide bonds. The minimum absolute atomic E-state index is 0.647. The summed E-state index contributed by atoms with van der Waals surface area (Å²) >= 11 is 1.89. The maximum atomic E-state index is 3.55. The Kier molecular flexibility index (Phi) is 5.20. The average molecular weight is 250 g/mol. The third-order valence-corrected chi connectivity index (χ3v) is 4.02. The van der Waals surface area contributed by atoms with Crippen LogP contribution in [0.1, 0.15) is 26.2 Å². The van der Waals surface area contributed by atoms with Crippen LogP contribution in [0.2, 0.25) is 0 Å². The lowest BCUT2D eigenvalue weighted by Gasteiger charge is -2.24. The minimum Gasteiger partial charge on any atom is -0.383 e. The van der Waals surface area contributed by atoms with Gasteiger partial charge in [-0.05, 0) is 49.4 Å². The predicted molar refractivity (Wildman–Crippen MR) is 77.0 cm³/mol. The first kappa shape index (κ1) is 12.8. The van der Waals surface area contributed by atoms with Gasteiger partial charge in [0, 0.05) is 23.2 Å². The van der Waals surface area contributed by atoms with Gasteiger partial charge in [-0.25, -0.2) is 0 Å². The number of nitrogens with one attached hydrogen (secondary N) is 2. The van der Waals surface area contributed by atoms with E-state index in [-0.39, 0.29) is 0 Å². The minimum atomic E-state index is 0.647. The second-order valence-corrected chi connectivity index (χ2v) is 5.82. The maximum absolute atomic E-state index is 3.55. The van der Waals surface area contributed by atoms with Gasteiger partial charge in [-0.1, -0.05) is 13.3 Å². The number of piperidine rings is 1. The van der Waals surface area contributed by atoms with Gasteiger partial charge in [-0.15, -0.1) is 11.8 Å². The topological polar surface area (TPSA) is 24.1 Å². The molecule has 2 rings (SSSR count). The molecule has 0 saturated carbocycles. The van der Waals surface area contributed by atoms with Crippen molar-refractivity contribution in [2.45, 2.75) is 37.1 Å². The Morgan fingerprint density at radius 3 is 2.76 bits per heavy atom. The van der Waals surface area contributed by atoms with Crippen LogP contribution in [0.25, 0.3) is 0 Å². The van der Waals surface area contributed by atoms with E-state index in [0.717, 1.165) is 12.3 Å². The van der Waals surface area contributed by atoms with Crippen molar-refractivity contribution in [1.82, 2.24) is 5.32 Å². The van der Waals surface area contributed by atoms with E-state index in [1.807, 2.05) is 11.8 Å². The zero-order valence-electron chi connectivity index (χ0n) is 10.5. The Bertz CT molecular complexity index is 317. The van der Waals surface area contributed by atoms with Gasteiger partial charge < -0.3 is 10.6 Å². The third kappa shape index (κ3) is 4.25. The first-order chi connectivity index (χ1) is 8.38. The molecule has 1 atom stereocenters. The fraction of sp³-hybridized carbons (Fsp3) is 0.571. The number of anilines is 1. The molecule has 1 aliphatic rings. The van der Waals surface area contributed by atoms with E-state index in [0.29, 0.717) is 6.04 Å². The Labute approximate surface area is 109 Å². The van der Waals surface area contributed by atoms with E-state index in [2.05, 4.69) is 41.8 Å². The summed E-state index contributed by atoms with van der Waals surface area (Å²) < 4.78 is 0. The second kappa shape index (κ2) is 6.92. The van der Waals surface area contributed by atoms with Crippen LogP contribution in [0.5, 0.6) is 0 Å². The smallest absolute Gasteiger partial charge is 0.0341 e. The van der Waals surface area contributed by atoms with Crippen LogP contribution >= 0.6 is 11.8 Å². The molecule has 0 aliphatic carbocycles. The quantitative estimate of drug-likeness (QED) is 0.784. The van der Waals surface area contributed by atoms with Gasteiger partial charge in [0.1, 0.15) is 0 Å². The summed E-state index contributed by atoms with van der Waals surface area (Å²) in [6.07, 6.45) is 4.00. The molecular weight excluding hydrogens is 228 g/mol. The van der Waals surface area contributed by atoms with Crippen molar-refractivity contribution in [3.63, 3.8) is 0 Å². The van der Waals surface area contributed by atoms with E-state index in [1.54, 1.807) is 0 Å². The van der Waals surface area contributed by atoms with Crippen molar-refractivity contribution >= 4 is 17.4 Å². The molecule has 1 aliphatic heterocycles. The van der Waals surface area contributed by atoms with Crippen molar-refractivity contribution in [3.8, 4) is 0 Å². The summed E-state index contributed by atoms with van der Waals surface area (Å²) in [6, 6.07) is 9.41. The fourth-order valence-corrected chi connectivity index (χ4v) is 2.84.